The van der Waals surface area contributed by atoms with Crippen molar-refractivity contribution in [3.63, 3.8) is 0 Å². The molecule has 0 aromatic carbocycles. The van der Waals surface area contributed by atoms with Crippen LogP contribution in [0.15, 0.2) is 0 Å². The van der Waals surface area contributed by atoms with Crippen LogP contribution in [0.5, 0.6) is 0 Å². The fourth-order valence-corrected chi connectivity index (χ4v) is 1.96. The molecule has 13 heavy (non-hydrogen) atoms. The Hall–Kier alpha value is -1.56. The van der Waals surface area contributed by atoms with Gasteiger partial charge in [-0.05, 0) is 12.5 Å². The number of primary amides is 1. The zero-order valence-corrected chi connectivity index (χ0v) is 7.64. The van der Waals surface area contributed by atoms with Gasteiger partial charge in [0.15, 0.2) is 0 Å². The Morgan fingerprint density at radius 2 is 2.00 bits per heavy atom. The topological polar surface area (TPSA) is 106 Å². The second-order valence-electron chi connectivity index (χ2n) is 2.46. The van der Waals surface area contributed by atoms with Gasteiger partial charge >= 0.3 is 5.97 Å². The van der Waals surface area contributed by atoms with Crippen molar-refractivity contribution < 1.29 is 14.7 Å². The number of carbonyl (C=O) groups excluding carboxylic acids is 1. The van der Waals surface area contributed by atoms with Crippen molar-refractivity contribution in [3.8, 4) is 0 Å². The molecule has 0 spiro atoms. The average molecular weight is 200 g/mol. The van der Waals surface area contributed by atoms with Crippen molar-refractivity contribution in [1.82, 2.24) is 0 Å². The summed E-state index contributed by atoms with van der Waals surface area (Å²) in [4.78, 5) is 21.5. The smallest absolute Gasteiger partial charge is 0.346 e. The zero-order valence-electron chi connectivity index (χ0n) is 6.83. The first-order valence-corrected chi connectivity index (χ1v) is 4.18. The number of hydrogen-bond donors (Lipinski definition) is 3. The number of carboxylic acid groups (broad SMARTS) is 1. The lowest BCUT2D eigenvalue weighted by Crippen LogP contribution is -2.13. The molecular weight excluding hydrogens is 192 g/mol. The maximum Gasteiger partial charge on any atom is 0.346 e. The second kappa shape index (κ2) is 3.06. The molecule has 0 saturated heterocycles. The lowest BCUT2D eigenvalue weighted by atomic mass is 10.1. The number of carbonyl (C=O) groups is 2. The number of nitrogen functional groups attached to an aromatic ring is 1. The molecule has 5 N–H and O–H groups in total. The third-order valence-electron chi connectivity index (χ3n) is 1.61. The fraction of sp³-hybridized carbons (Fsp3) is 0.143. The van der Waals surface area contributed by atoms with Gasteiger partial charge in [-0.25, -0.2) is 4.79 Å². The third-order valence-corrected chi connectivity index (χ3v) is 2.72. The Kier molecular flexibility index (Phi) is 2.24. The molecule has 0 radical (unpaired) electrons. The van der Waals surface area contributed by atoms with Gasteiger partial charge in [-0.2, -0.15) is 0 Å². The number of aromatic carboxylic acids is 1. The van der Waals surface area contributed by atoms with E-state index in [1.807, 2.05) is 0 Å². The molecule has 0 bridgehead atoms. The molecule has 1 amide bonds. The van der Waals surface area contributed by atoms with Gasteiger partial charge in [0, 0.05) is 0 Å². The summed E-state index contributed by atoms with van der Waals surface area (Å²) in [5, 5.41) is 8.84. The Balaban J connectivity index is 3.39. The van der Waals surface area contributed by atoms with Crippen molar-refractivity contribution in [3.05, 3.63) is 16.0 Å². The summed E-state index contributed by atoms with van der Waals surface area (Å²) in [7, 11) is 0. The molecule has 1 heterocycles. The summed E-state index contributed by atoms with van der Waals surface area (Å²) < 4.78 is 0. The fourth-order valence-electron chi connectivity index (χ4n) is 1.05. The molecule has 0 aliphatic carbocycles. The standard InChI is InChI=1S/C7H8N2O3S/c1-2-3(5(8)10)6(9)13-4(2)7(11)12/h9H2,1H3,(H2,8,10)(H,11,12). The third kappa shape index (κ3) is 1.48. The Morgan fingerprint density at radius 1 is 1.46 bits per heavy atom. The number of anilines is 1. The number of rotatable bonds is 2. The van der Waals surface area contributed by atoms with Gasteiger partial charge in [0.05, 0.1) is 10.6 Å². The normalized spacial score (nSPS) is 9.92. The number of nitrogens with two attached hydrogens (primary N) is 2. The summed E-state index contributed by atoms with van der Waals surface area (Å²) in [5.41, 5.74) is 10.9. The van der Waals surface area contributed by atoms with Crippen LogP contribution in [0.3, 0.4) is 0 Å². The largest absolute Gasteiger partial charge is 0.477 e. The predicted molar refractivity (Wildman–Crippen MR) is 48.9 cm³/mol. The van der Waals surface area contributed by atoms with Crippen molar-refractivity contribution in [1.29, 1.82) is 0 Å². The van der Waals surface area contributed by atoms with Crippen LogP contribution in [-0.2, 0) is 0 Å². The molecule has 1 aromatic rings. The van der Waals surface area contributed by atoms with Crippen molar-refractivity contribution in [2.75, 3.05) is 5.73 Å². The molecule has 0 aliphatic rings. The van der Waals surface area contributed by atoms with E-state index in [1.165, 1.54) is 6.92 Å². The number of amides is 1. The minimum Gasteiger partial charge on any atom is -0.477 e. The van der Waals surface area contributed by atoms with E-state index in [4.69, 9.17) is 16.6 Å². The van der Waals surface area contributed by atoms with Crippen LogP contribution in [0, 0.1) is 6.92 Å². The van der Waals surface area contributed by atoms with E-state index in [-0.39, 0.29) is 15.4 Å². The monoisotopic (exact) mass is 200 g/mol. The van der Waals surface area contributed by atoms with Crippen LogP contribution in [0.4, 0.5) is 5.00 Å². The molecule has 0 unspecified atom stereocenters. The first-order chi connectivity index (χ1) is 5.95. The quantitative estimate of drug-likeness (QED) is 0.643. The van der Waals surface area contributed by atoms with Crippen molar-refractivity contribution >= 4 is 28.2 Å². The highest BCUT2D eigenvalue weighted by atomic mass is 32.1. The molecule has 0 saturated carbocycles. The summed E-state index contributed by atoms with van der Waals surface area (Å²) in [6.07, 6.45) is 0. The van der Waals surface area contributed by atoms with Gasteiger partial charge in [0.2, 0.25) is 0 Å². The van der Waals surface area contributed by atoms with Gasteiger partial charge in [-0.3, -0.25) is 4.79 Å². The maximum absolute atomic E-state index is 10.8. The van der Waals surface area contributed by atoms with E-state index in [1.54, 1.807) is 0 Å². The van der Waals surface area contributed by atoms with E-state index in [0.717, 1.165) is 11.3 Å². The minimum atomic E-state index is -1.10. The molecule has 0 fully saturated rings. The Bertz CT molecular complexity index is 383. The van der Waals surface area contributed by atoms with Crippen LogP contribution in [0.2, 0.25) is 0 Å². The van der Waals surface area contributed by atoms with Crippen molar-refractivity contribution in [2.45, 2.75) is 6.92 Å². The summed E-state index contributed by atoms with van der Waals surface area (Å²) in [5.74, 6) is -1.79. The van der Waals surface area contributed by atoms with Crippen LogP contribution in [-0.4, -0.2) is 17.0 Å². The average Bonchev–Trinajstić information content (AvgIpc) is 2.26. The Morgan fingerprint density at radius 3 is 2.23 bits per heavy atom. The molecule has 0 aliphatic heterocycles. The number of hydrogen-bond acceptors (Lipinski definition) is 4. The highest BCUT2D eigenvalue weighted by Crippen LogP contribution is 2.29. The highest BCUT2D eigenvalue weighted by Gasteiger charge is 2.20. The minimum absolute atomic E-state index is 0.0614. The van der Waals surface area contributed by atoms with Gasteiger partial charge in [-0.15, -0.1) is 11.3 Å². The first-order valence-electron chi connectivity index (χ1n) is 3.37. The van der Waals surface area contributed by atoms with Crippen LogP contribution >= 0.6 is 11.3 Å². The lowest BCUT2D eigenvalue weighted by Gasteiger charge is -1.94. The zero-order chi connectivity index (χ0) is 10.2. The van der Waals surface area contributed by atoms with E-state index in [9.17, 15) is 9.59 Å². The van der Waals surface area contributed by atoms with E-state index in [0.29, 0.717) is 5.56 Å². The molecule has 0 atom stereocenters. The second-order valence-corrected chi connectivity index (χ2v) is 3.52. The molecule has 70 valence electrons. The predicted octanol–water partition coefficient (Wildman–Crippen LogP) is 0.436. The van der Waals surface area contributed by atoms with Gasteiger partial charge in [0.1, 0.15) is 4.88 Å². The van der Waals surface area contributed by atoms with E-state index < -0.39 is 11.9 Å². The van der Waals surface area contributed by atoms with Crippen LogP contribution < -0.4 is 11.5 Å². The highest BCUT2D eigenvalue weighted by molar-refractivity contribution is 7.18. The number of thiophene rings is 1. The summed E-state index contributed by atoms with van der Waals surface area (Å²) in [6.45, 7) is 1.51. The molecule has 6 heteroatoms. The van der Waals surface area contributed by atoms with E-state index >= 15 is 0 Å². The SMILES string of the molecule is Cc1c(C(=O)O)sc(N)c1C(N)=O. The van der Waals surface area contributed by atoms with Crippen LogP contribution in [0.1, 0.15) is 25.6 Å². The van der Waals surface area contributed by atoms with E-state index in [2.05, 4.69) is 0 Å². The van der Waals surface area contributed by atoms with Gasteiger partial charge in [0.25, 0.3) is 5.91 Å². The lowest BCUT2D eigenvalue weighted by molar-refractivity contribution is 0.0701. The number of carboxylic acids is 1. The molecule has 1 aromatic heterocycles. The summed E-state index contributed by atoms with van der Waals surface area (Å²) >= 11 is 0.855. The molecule has 5 nitrogen and oxygen atoms in total. The van der Waals surface area contributed by atoms with Crippen LogP contribution in [0.25, 0.3) is 0 Å². The van der Waals surface area contributed by atoms with Crippen molar-refractivity contribution in [2.24, 2.45) is 5.73 Å². The Labute approximate surface area is 78.0 Å². The summed E-state index contributed by atoms with van der Waals surface area (Å²) in [6, 6.07) is 0. The first kappa shape index (κ1) is 9.53. The maximum atomic E-state index is 10.8. The molecule has 1 rings (SSSR count). The van der Waals surface area contributed by atoms with Gasteiger partial charge < -0.3 is 16.6 Å². The van der Waals surface area contributed by atoms with Gasteiger partial charge in [-0.1, -0.05) is 0 Å². The molecular formula is C7H8N2O3S.